The summed E-state index contributed by atoms with van der Waals surface area (Å²) in [5.74, 6) is 0. The van der Waals surface area contributed by atoms with Crippen LogP contribution in [0.3, 0.4) is 0 Å². The van der Waals surface area contributed by atoms with Crippen molar-refractivity contribution in [2.24, 2.45) is 0 Å². The van der Waals surface area contributed by atoms with E-state index in [1.54, 1.807) is 0 Å². The van der Waals surface area contributed by atoms with E-state index < -0.39 is 0 Å². The first kappa shape index (κ1) is 17.2. The van der Waals surface area contributed by atoms with Gasteiger partial charge in [0.1, 0.15) is 0 Å². The molecule has 0 bridgehead atoms. The molecule has 0 unspecified atom stereocenters. The summed E-state index contributed by atoms with van der Waals surface area (Å²) in [5.41, 5.74) is 2.27. The Bertz CT molecular complexity index is 283. The third kappa shape index (κ3) is 9.83. The predicted molar refractivity (Wildman–Crippen MR) is 70.7 cm³/mol. The van der Waals surface area contributed by atoms with E-state index in [0.29, 0.717) is 0 Å². The average molecular weight is 328 g/mol. The van der Waals surface area contributed by atoms with Crippen molar-refractivity contribution in [2.75, 3.05) is 28.2 Å². The van der Waals surface area contributed by atoms with Gasteiger partial charge in [-0.25, -0.2) is 0 Å². The van der Waals surface area contributed by atoms with Crippen molar-refractivity contribution in [3.63, 3.8) is 0 Å². The summed E-state index contributed by atoms with van der Waals surface area (Å²) < 4.78 is 0. The maximum absolute atomic E-state index is 4.67. The van der Waals surface area contributed by atoms with Gasteiger partial charge in [-0.15, -0.1) is 0 Å². The summed E-state index contributed by atoms with van der Waals surface area (Å²) in [7, 11) is 17.6. The minimum atomic E-state index is 0.757. The monoisotopic (exact) mass is 326 g/mol. The first-order chi connectivity index (χ1) is 7.99. The predicted octanol–water partition coefficient (Wildman–Crippen LogP) is 2.58. The number of halogens is 2. The topological polar surface area (TPSA) is 19.4 Å². The molecule has 6 heteroatoms. The molecule has 1 heterocycles. The Labute approximate surface area is 119 Å². The molecule has 3 nitrogen and oxygen atoms in total. The average Bonchev–Trinajstić information content (AvgIpc) is 2.16. The van der Waals surface area contributed by atoms with Crippen LogP contribution in [0.1, 0.15) is 11.4 Å². The standard InChI is InChI=1S/C11H19N3.2ClH.Cu/c1-13(2)8-10-6-5-7-11(12-10)9-14(3)4;;;/h5-7H,8-9H2,1-4H3;2*1H;/q;;;+2/p-2. The Morgan fingerprint density at radius 2 is 1.35 bits per heavy atom. The molecular weight excluding hydrogens is 309 g/mol. The van der Waals surface area contributed by atoms with Crippen molar-refractivity contribution in [3.8, 4) is 0 Å². The molecule has 1 aromatic rings. The number of rotatable bonds is 4. The van der Waals surface area contributed by atoms with Gasteiger partial charge in [-0.3, -0.25) is 4.98 Å². The molecule has 0 saturated carbocycles. The van der Waals surface area contributed by atoms with Crippen LogP contribution in [0.5, 0.6) is 0 Å². The van der Waals surface area contributed by atoms with E-state index in [4.69, 9.17) is 0 Å². The van der Waals surface area contributed by atoms with Crippen molar-refractivity contribution < 1.29 is 13.1 Å². The van der Waals surface area contributed by atoms with Gasteiger partial charge < -0.3 is 9.80 Å². The Morgan fingerprint density at radius 3 is 1.65 bits per heavy atom. The zero-order valence-corrected chi connectivity index (χ0v) is 13.0. The fraction of sp³-hybridized carbons (Fsp3) is 0.545. The summed E-state index contributed by atoms with van der Waals surface area (Å²) in [5, 5.41) is 0. The van der Waals surface area contributed by atoms with Crippen LogP contribution in [0.4, 0.5) is 0 Å². The molecular formula is C11H19Cl2CuN3. The van der Waals surface area contributed by atoms with E-state index in [0.717, 1.165) is 37.6 Å². The first-order valence-electron chi connectivity index (χ1n) is 5.05. The molecule has 0 amide bonds. The van der Waals surface area contributed by atoms with Gasteiger partial charge in [-0.1, -0.05) is 6.07 Å². The van der Waals surface area contributed by atoms with Crippen LogP contribution in [0.25, 0.3) is 0 Å². The van der Waals surface area contributed by atoms with E-state index in [9.17, 15) is 0 Å². The van der Waals surface area contributed by atoms with Gasteiger partial charge in [-0.05, 0) is 40.3 Å². The second-order valence-corrected chi connectivity index (χ2v) is 5.69. The SMILES string of the molecule is CN(C)Cc1cccc(CN(C)C)n1.[Cl][Cu][Cl]. The second kappa shape index (κ2) is 10.1. The van der Waals surface area contributed by atoms with Gasteiger partial charge in [0.25, 0.3) is 0 Å². The Balaban J connectivity index is 0.000000770. The Morgan fingerprint density at radius 1 is 1.00 bits per heavy atom. The Kier molecular flexibility index (Phi) is 10.2. The first-order valence-corrected chi connectivity index (χ1v) is 7.64. The number of pyridine rings is 1. The number of aromatic nitrogens is 1. The van der Waals surface area contributed by atoms with E-state index in [1.165, 1.54) is 0 Å². The van der Waals surface area contributed by atoms with Crippen molar-refractivity contribution in [2.45, 2.75) is 13.1 Å². The van der Waals surface area contributed by atoms with Crippen molar-refractivity contribution in [1.82, 2.24) is 14.8 Å². The quantitative estimate of drug-likeness (QED) is 0.792. The van der Waals surface area contributed by atoms with Gasteiger partial charge in [0.2, 0.25) is 0 Å². The normalized spacial score (nSPS) is 10.6. The van der Waals surface area contributed by atoms with Crippen LogP contribution in [-0.2, 0) is 26.2 Å². The zero-order chi connectivity index (χ0) is 13.3. The third-order valence-electron chi connectivity index (χ3n) is 1.82. The fourth-order valence-corrected chi connectivity index (χ4v) is 1.35. The van der Waals surface area contributed by atoms with Gasteiger partial charge in [0.05, 0.1) is 11.4 Å². The van der Waals surface area contributed by atoms with Crippen molar-refractivity contribution in [3.05, 3.63) is 29.6 Å². The van der Waals surface area contributed by atoms with Crippen LogP contribution in [0, 0.1) is 0 Å². The van der Waals surface area contributed by atoms with Crippen LogP contribution in [0.15, 0.2) is 18.2 Å². The summed E-state index contributed by atoms with van der Waals surface area (Å²) >= 11 is 0.757. The number of hydrogen-bond acceptors (Lipinski definition) is 3. The fourth-order valence-electron chi connectivity index (χ4n) is 1.35. The van der Waals surface area contributed by atoms with E-state index in [2.05, 4.69) is 81.4 Å². The van der Waals surface area contributed by atoms with Gasteiger partial charge >= 0.3 is 33.3 Å². The maximum atomic E-state index is 4.67. The van der Waals surface area contributed by atoms with Gasteiger partial charge in [-0.2, -0.15) is 0 Å². The second-order valence-electron chi connectivity index (χ2n) is 4.14. The van der Waals surface area contributed by atoms with Crippen LogP contribution in [0.2, 0.25) is 0 Å². The molecule has 0 aliphatic heterocycles. The molecule has 0 aromatic carbocycles. The molecule has 0 fully saturated rings. The molecule has 0 N–H and O–H groups in total. The third-order valence-corrected chi connectivity index (χ3v) is 1.82. The molecule has 0 saturated heterocycles. The molecule has 0 aliphatic rings. The summed E-state index contributed by atoms with van der Waals surface area (Å²) in [4.78, 5) is 8.82. The van der Waals surface area contributed by atoms with E-state index in [-0.39, 0.29) is 0 Å². The van der Waals surface area contributed by atoms with E-state index in [1.807, 2.05) is 0 Å². The van der Waals surface area contributed by atoms with Gasteiger partial charge in [0.15, 0.2) is 0 Å². The van der Waals surface area contributed by atoms with Crippen LogP contribution >= 0.6 is 20.2 Å². The number of hydrogen-bond donors (Lipinski definition) is 0. The van der Waals surface area contributed by atoms with Crippen molar-refractivity contribution >= 4 is 20.2 Å². The molecule has 0 atom stereocenters. The molecule has 1 aromatic heterocycles. The summed E-state index contributed by atoms with van der Waals surface area (Å²) in [6, 6.07) is 6.21. The van der Waals surface area contributed by atoms with Crippen LogP contribution in [-0.4, -0.2) is 43.0 Å². The Hall–Kier alpha value is 0.169. The minimum absolute atomic E-state index is 0.757. The summed E-state index contributed by atoms with van der Waals surface area (Å²) in [6.45, 7) is 1.81. The summed E-state index contributed by atoms with van der Waals surface area (Å²) in [6.07, 6.45) is 0. The van der Waals surface area contributed by atoms with Crippen LogP contribution < -0.4 is 0 Å². The van der Waals surface area contributed by atoms with Crippen molar-refractivity contribution in [1.29, 1.82) is 0 Å². The van der Waals surface area contributed by atoms with E-state index >= 15 is 0 Å². The molecule has 1 rings (SSSR count). The molecule has 103 valence electrons. The molecule has 17 heavy (non-hydrogen) atoms. The van der Waals surface area contributed by atoms with Gasteiger partial charge in [0, 0.05) is 13.1 Å². The zero-order valence-electron chi connectivity index (χ0n) is 10.5. The molecule has 0 spiro atoms. The molecule has 0 radical (unpaired) electrons. The number of nitrogens with zero attached hydrogens (tertiary/aromatic N) is 3. The molecule has 0 aliphatic carbocycles.